The van der Waals surface area contributed by atoms with E-state index in [0.717, 1.165) is 5.75 Å². The minimum Gasteiger partial charge on any atom is -0.355 e. The molecular formula is C10H7N3OS. The van der Waals surface area contributed by atoms with Gasteiger partial charge < -0.3 is 4.85 Å². The van der Waals surface area contributed by atoms with Crippen molar-refractivity contribution < 1.29 is 4.63 Å². The number of thioether (sulfide) groups is 1. The Balaban J connectivity index is 2.03. The van der Waals surface area contributed by atoms with Crippen LogP contribution in [0, 0.1) is 6.57 Å². The number of nitrogens with zero attached hydrogens (tertiary/aromatic N) is 3. The summed E-state index contributed by atoms with van der Waals surface area (Å²) < 4.78 is 4.49. The van der Waals surface area contributed by atoms with Crippen molar-refractivity contribution in [3.63, 3.8) is 0 Å². The van der Waals surface area contributed by atoms with Crippen molar-refractivity contribution in [1.29, 1.82) is 0 Å². The third-order valence-corrected chi connectivity index (χ3v) is 2.77. The summed E-state index contributed by atoms with van der Waals surface area (Å²) in [4.78, 5) is 3.20. The molecule has 1 heterocycles. The summed E-state index contributed by atoms with van der Waals surface area (Å²) in [6.07, 6.45) is 0. The van der Waals surface area contributed by atoms with E-state index >= 15 is 0 Å². The van der Waals surface area contributed by atoms with Gasteiger partial charge in [0.15, 0.2) is 5.03 Å². The molecule has 0 bridgehead atoms. The quantitative estimate of drug-likeness (QED) is 0.585. The lowest BCUT2D eigenvalue weighted by atomic mass is 10.2. The summed E-state index contributed by atoms with van der Waals surface area (Å²) in [5, 5.41) is 7.70. The molecule has 74 valence electrons. The Labute approximate surface area is 91.1 Å². The van der Waals surface area contributed by atoms with Crippen LogP contribution >= 0.6 is 11.8 Å². The molecule has 0 aliphatic heterocycles. The van der Waals surface area contributed by atoms with E-state index in [1.54, 1.807) is 0 Å². The molecule has 0 spiro atoms. The maximum absolute atomic E-state index is 6.83. The van der Waals surface area contributed by atoms with Crippen LogP contribution in [-0.4, -0.2) is 10.3 Å². The molecule has 0 unspecified atom stereocenters. The Morgan fingerprint density at radius 2 is 2.07 bits per heavy atom. The van der Waals surface area contributed by atoms with Crippen LogP contribution < -0.4 is 0 Å². The second-order valence-corrected chi connectivity index (χ2v) is 3.74. The van der Waals surface area contributed by atoms with Gasteiger partial charge >= 0.3 is 5.82 Å². The molecule has 0 fully saturated rings. The van der Waals surface area contributed by atoms with Crippen molar-refractivity contribution in [2.45, 2.75) is 10.8 Å². The summed E-state index contributed by atoms with van der Waals surface area (Å²) >= 11 is 1.45. The lowest BCUT2D eigenvalue weighted by molar-refractivity contribution is 0.300. The van der Waals surface area contributed by atoms with Gasteiger partial charge in [-0.05, 0) is 10.7 Å². The van der Waals surface area contributed by atoms with Crippen LogP contribution in [0.3, 0.4) is 0 Å². The smallest absolute Gasteiger partial charge is 0.353 e. The average molecular weight is 217 g/mol. The summed E-state index contributed by atoms with van der Waals surface area (Å²) in [7, 11) is 0. The molecule has 0 atom stereocenters. The van der Waals surface area contributed by atoms with Crippen LogP contribution in [-0.2, 0) is 5.75 Å². The minimum atomic E-state index is 0.232. The molecule has 2 aromatic rings. The van der Waals surface area contributed by atoms with Crippen molar-refractivity contribution in [2.24, 2.45) is 0 Å². The van der Waals surface area contributed by atoms with Crippen molar-refractivity contribution in [1.82, 2.24) is 10.3 Å². The third kappa shape index (κ3) is 2.36. The lowest BCUT2D eigenvalue weighted by Crippen LogP contribution is -1.79. The molecule has 2 rings (SSSR count). The molecule has 0 amide bonds. The number of rotatable bonds is 3. The fraction of sp³-hybridized carbons (Fsp3) is 0.100. The molecule has 0 aliphatic rings. The molecule has 0 aliphatic carbocycles. The number of aromatic nitrogens is 2. The van der Waals surface area contributed by atoms with Gasteiger partial charge in [-0.25, -0.2) is 0 Å². The molecule has 0 saturated heterocycles. The first kappa shape index (κ1) is 9.74. The molecule has 1 aromatic heterocycles. The Morgan fingerprint density at radius 1 is 1.27 bits per heavy atom. The highest BCUT2D eigenvalue weighted by Gasteiger charge is 2.10. The van der Waals surface area contributed by atoms with E-state index in [0.29, 0.717) is 5.03 Å². The summed E-state index contributed by atoms with van der Waals surface area (Å²) in [6.45, 7) is 6.83. The zero-order valence-electron chi connectivity index (χ0n) is 7.75. The molecule has 0 saturated carbocycles. The van der Waals surface area contributed by atoms with E-state index in [4.69, 9.17) is 6.57 Å². The van der Waals surface area contributed by atoms with E-state index in [-0.39, 0.29) is 5.82 Å². The Bertz CT molecular complexity index is 475. The zero-order valence-corrected chi connectivity index (χ0v) is 8.57. The predicted octanol–water partition coefficient (Wildman–Crippen LogP) is 2.91. The van der Waals surface area contributed by atoms with Crippen molar-refractivity contribution in [3.05, 3.63) is 47.3 Å². The largest absolute Gasteiger partial charge is 0.355 e. The maximum atomic E-state index is 6.83. The fourth-order valence-corrected chi connectivity index (χ4v) is 1.85. The lowest BCUT2D eigenvalue weighted by Gasteiger charge is -1.97. The van der Waals surface area contributed by atoms with Crippen LogP contribution in [0.2, 0.25) is 0 Å². The van der Waals surface area contributed by atoms with Crippen LogP contribution in [0.25, 0.3) is 4.85 Å². The van der Waals surface area contributed by atoms with Crippen LogP contribution in [0.5, 0.6) is 0 Å². The van der Waals surface area contributed by atoms with Gasteiger partial charge in [-0.15, -0.1) is 11.8 Å². The Hall–Kier alpha value is -1.80. The number of hydrogen-bond acceptors (Lipinski definition) is 4. The predicted molar refractivity (Wildman–Crippen MR) is 56.6 cm³/mol. The SMILES string of the molecule is [C-]#[N+]c1nonc1SCc1ccccc1. The summed E-state index contributed by atoms with van der Waals surface area (Å²) in [6, 6.07) is 9.98. The first-order chi connectivity index (χ1) is 7.40. The first-order valence-electron chi connectivity index (χ1n) is 4.27. The fourth-order valence-electron chi connectivity index (χ4n) is 1.06. The van der Waals surface area contributed by atoms with Gasteiger partial charge in [-0.3, -0.25) is 0 Å². The van der Waals surface area contributed by atoms with Crippen LogP contribution in [0.4, 0.5) is 5.82 Å². The zero-order chi connectivity index (χ0) is 10.5. The number of hydrogen-bond donors (Lipinski definition) is 0. The molecule has 4 nitrogen and oxygen atoms in total. The van der Waals surface area contributed by atoms with Gasteiger partial charge in [0, 0.05) is 5.75 Å². The Kier molecular flexibility index (Phi) is 3.00. The molecule has 0 radical (unpaired) electrons. The van der Waals surface area contributed by atoms with Crippen molar-refractivity contribution >= 4 is 17.6 Å². The second-order valence-electron chi connectivity index (χ2n) is 2.78. The van der Waals surface area contributed by atoms with Crippen molar-refractivity contribution in [2.75, 3.05) is 0 Å². The van der Waals surface area contributed by atoms with Crippen molar-refractivity contribution in [3.8, 4) is 0 Å². The molecule has 5 heteroatoms. The molecular weight excluding hydrogens is 210 g/mol. The molecule has 1 aromatic carbocycles. The van der Waals surface area contributed by atoms with E-state index in [1.165, 1.54) is 17.3 Å². The van der Waals surface area contributed by atoms with Gasteiger partial charge in [0.1, 0.15) is 5.16 Å². The van der Waals surface area contributed by atoms with Crippen LogP contribution in [0.1, 0.15) is 5.56 Å². The van der Waals surface area contributed by atoms with Crippen LogP contribution in [0.15, 0.2) is 40.0 Å². The minimum absolute atomic E-state index is 0.232. The van der Waals surface area contributed by atoms with Gasteiger partial charge in [-0.2, -0.15) is 4.63 Å². The standard InChI is InChI=1S/C10H7N3OS/c1-11-9-10(13-14-12-9)15-7-8-5-3-2-4-6-8/h2-6H,7H2. The van der Waals surface area contributed by atoms with E-state index in [9.17, 15) is 0 Å². The van der Waals surface area contributed by atoms with E-state index < -0.39 is 0 Å². The second kappa shape index (κ2) is 4.62. The highest BCUT2D eigenvalue weighted by atomic mass is 32.2. The Morgan fingerprint density at radius 3 is 2.80 bits per heavy atom. The molecule has 0 N–H and O–H groups in total. The third-order valence-electron chi connectivity index (χ3n) is 1.77. The topological polar surface area (TPSA) is 43.3 Å². The maximum Gasteiger partial charge on any atom is 0.353 e. The highest BCUT2D eigenvalue weighted by Crippen LogP contribution is 2.28. The van der Waals surface area contributed by atoms with E-state index in [1.807, 2.05) is 30.3 Å². The van der Waals surface area contributed by atoms with Gasteiger partial charge in [-0.1, -0.05) is 36.9 Å². The number of benzene rings is 1. The summed E-state index contributed by atoms with van der Waals surface area (Å²) in [5.41, 5.74) is 1.18. The average Bonchev–Trinajstić information content (AvgIpc) is 2.75. The van der Waals surface area contributed by atoms with Gasteiger partial charge in [0.2, 0.25) is 0 Å². The van der Waals surface area contributed by atoms with Gasteiger partial charge in [0.05, 0.1) is 0 Å². The summed E-state index contributed by atoms with van der Waals surface area (Å²) in [5.74, 6) is 0.994. The highest BCUT2D eigenvalue weighted by molar-refractivity contribution is 7.98. The van der Waals surface area contributed by atoms with Gasteiger partial charge in [0.25, 0.3) is 0 Å². The monoisotopic (exact) mass is 217 g/mol. The van der Waals surface area contributed by atoms with E-state index in [2.05, 4.69) is 19.8 Å². The normalized spacial score (nSPS) is 9.80. The first-order valence-corrected chi connectivity index (χ1v) is 5.25. The molecule has 15 heavy (non-hydrogen) atoms.